The zero-order chi connectivity index (χ0) is 16.2. The molecule has 7 heteroatoms. The van der Waals surface area contributed by atoms with Crippen molar-refractivity contribution in [2.24, 2.45) is 0 Å². The van der Waals surface area contributed by atoms with Crippen LogP contribution in [-0.2, 0) is 4.74 Å². The molecule has 2 heterocycles. The molecule has 122 valence electrons. The number of nitrogens with zero attached hydrogens (tertiary/aromatic N) is 3. The lowest BCUT2D eigenvalue weighted by atomic mass is 10.1. The van der Waals surface area contributed by atoms with Crippen LogP contribution >= 0.6 is 0 Å². The lowest BCUT2D eigenvalue weighted by Crippen LogP contribution is -2.49. The molecule has 1 aromatic rings. The van der Waals surface area contributed by atoms with Crippen molar-refractivity contribution in [3.05, 3.63) is 12.4 Å². The molecule has 22 heavy (non-hydrogen) atoms. The van der Waals surface area contributed by atoms with Gasteiger partial charge in [0.05, 0.1) is 7.11 Å². The smallest absolute Gasteiger partial charge is 0.407 e. The molecule has 0 bridgehead atoms. The van der Waals surface area contributed by atoms with Crippen molar-refractivity contribution in [1.29, 1.82) is 0 Å². The maximum Gasteiger partial charge on any atom is 0.407 e. The topological polar surface area (TPSA) is 76.6 Å². The number of nitrogens with one attached hydrogen (secondary N) is 1. The van der Waals surface area contributed by atoms with Gasteiger partial charge in [-0.1, -0.05) is 0 Å². The van der Waals surface area contributed by atoms with Crippen LogP contribution in [0, 0.1) is 0 Å². The first-order chi connectivity index (χ1) is 10.4. The molecule has 0 radical (unpaired) electrons. The Morgan fingerprint density at radius 1 is 1.41 bits per heavy atom. The second-order valence-electron chi connectivity index (χ2n) is 6.35. The SMILES string of the molecule is COc1cc(N2CCCC(NC(=O)OC(C)(C)C)C2)ncn1. The van der Waals surface area contributed by atoms with Crippen LogP contribution in [0.15, 0.2) is 12.4 Å². The average Bonchev–Trinajstić information content (AvgIpc) is 2.45. The molecule has 0 aromatic carbocycles. The first kappa shape index (κ1) is 16.3. The van der Waals surface area contributed by atoms with Crippen molar-refractivity contribution in [1.82, 2.24) is 15.3 Å². The van der Waals surface area contributed by atoms with Crippen molar-refractivity contribution in [2.45, 2.75) is 45.3 Å². The highest BCUT2D eigenvalue weighted by Gasteiger charge is 2.25. The van der Waals surface area contributed by atoms with Crippen molar-refractivity contribution in [3.63, 3.8) is 0 Å². The summed E-state index contributed by atoms with van der Waals surface area (Å²) in [6, 6.07) is 1.85. The van der Waals surface area contributed by atoms with E-state index in [4.69, 9.17) is 9.47 Å². The molecule has 7 nitrogen and oxygen atoms in total. The van der Waals surface area contributed by atoms with Gasteiger partial charge in [-0.3, -0.25) is 0 Å². The van der Waals surface area contributed by atoms with Gasteiger partial charge in [-0.25, -0.2) is 14.8 Å². The maximum absolute atomic E-state index is 11.9. The lowest BCUT2D eigenvalue weighted by molar-refractivity contribution is 0.0500. The van der Waals surface area contributed by atoms with Gasteiger partial charge in [-0.2, -0.15) is 0 Å². The number of piperidine rings is 1. The number of hydrogen-bond donors (Lipinski definition) is 1. The van der Waals surface area contributed by atoms with Gasteiger partial charge >= 0.3 is 6.09 Å². The number of carbonyl (C=O) groups excluding carboxylic acids is 1. The number of aromatic nitrogens is 2. The molecule has 1 fully saturated rings. The molecule has 1 amide bonds. The van der Waals surface area contributed by atoms with Crippen LogP contribution in [0.3, 0.4) is 0 Å². The largest absolute Gasteiger partial charge is 0.481 e. The summed E-state index contributed by atoms with van der Waals surface area (Å²) in [5.41, 5.74) is -0.488. The summed E-state index contributed by atoms with van der Waals surface area (Å²) < 4.78 is 10.4. The number of rotatable bonds is 3. The van der Waals surface area contributed by atoms with Gasteiger partial charge in [0, 0.05) is 25.2 Å². The van der Waals surface area contributed by atoms with E-state index in [9.17, 15) is 4.79 Å². The van der Waals surface area contributed by atoms with Crippen LogP contribution in [0.1, 0.15) is 33.6 Å². The van der Waals surface area contributed by atoms with Crippen LogP contribution in [-0.4, -0.2) is 47.9 Å². The Hall–Kier alpha value is -2.05. The summed E-state index contributed by atoms with van der Waals surface area (Å²) in [4.78, 5) is 22.3. The third kappa shape index (κ3) is 4.75. The molecule has 1 aliphatic rings. The van der Waals surface area contributed by atoms with E-state index in [1.54, 1.807) is 13.2 Å². The number of anilines is 1. The Kier molecular flexibility index (Phi) is 5.05. The molecule has 1 aromatic heterocycles. The third-order valence-corrected chi connectivity index (χ3v) is 3.30. The number of ether oxygens (including phenoxy) is 2. The second-order valence-corrected chi connectivity index (χ2v) is 6.35. The predicted molar refractivity (Wildman–Crippen MR) is 83.2 cm³/mol. The van der Waals surface area contributed by atoms with Crippen LogP contribution in [0.5, 0.6) is 5.88 Å². The molecule has 2 rings (SSSR count). The normalized spacial score (nSPS) is 18.7. The quantitative estimate of drug-likeness (QED) is 0.920. The molecule has 0 aliphatic carbocycles. The Morgan fingerprint density at radius 3 is 2.86 bits per heavy atom. The fourth-order valence-corrected chi connectivity index (χ4v) is 2.39. The van der Waals surface area contributed by atoms with Gasteiger partial charge in [0.2, 0.25) is 5.88 Å². The fraction of sp³-hybridized carbons (Fsp3) is 0.667. The molecule has 1 N–H and O–H groups in total. The Bertz CT molecular complexity index is 516. The molecule has 1 unspecified atom stereocenters. The van der Waals surface area contributed by atoms with Crippen LogP contribution in [0.2, 0.25) is 0 Å². The fourth-order valence-electron chi connectivity index (χ4n) is 2.39. The monoisotopic (exact) mass is 308 g/mol. The van der Waals surface area contributed by atoms with Crippen molar-refractivity contribution in [2.75, 3.05) is 25.1 Å². The first-order valence-corrected chi connectivity index (χ1v) is 7.48. The highest BCUT2D eigenvalue weighted by molar-refractivity contribution is 5.68. The summed E-state index contributed by atoms with van der Waals surface area (Å²) in [7, 11) is 1.58. The lowest BCUT2D eigenvalue weighted by Gasteiger charge is -2.34. The summed E-state index contributed by atoms with van der Waals surface area (Å²) in [5, 5.41) is 2.93. The van der Waals surface area contributed by atoms with Crippen LogP contribution in [0.25, 0.3) is 0 Å². The average molecular weight is 308 g/mol. The molecule has 1 saturated heterocycles. The zero-order valence-corrected chi connectivity index (χ0v) is 13.6. The number of hydrogen-bond acceptors (Lipinski definition) is 6. The van der Waals surface area contributed by atoms with Gasteiger partial charge in [-0.15, -0.1) is 0 Å². The molecule has 1 aliphatic heterocycles. The van der Waals surface area contributed by atoms with Crippen molar-refractivity contribution >= 4 is 11.9 Å². The minimum absolute atomic E-state index is 0.0459. The molecular formula is C15H24N4O3. The van der Waals surface area contributed by atoms with Crippen molar-refractivity contribution < 1.29 is 14.3 Å². The standard InChI is InChI=1S/C15H24N4O3/c1-15(2,3)22-14(20)18-11-6-5-7-19(9-11)12-8-13(21-4)17-10-16-12/h8,10-11H,5-7,9H2,1-4H3,(H,18,20). The minimum Gasteiger partial charge on any atom is -0.481 e. The van der Waals surface area contributed by atoms with E-state index < -0.39 is 5.60 Å². The van der Waals surface area contributed by atoms with E-state index in [2.05, 4.69) is 20.2 Å². The Labute approximate surface area is 131 Å². The minimum atomic E-state index is -0.488. The summed E-state index contributed by atoms with van der Waals surface area (Å²) in [6.07, 6.45) is 3.02. The van der Waals surface area contributed by atoms with Crippen molar-refractivity contribution in [3.8, 4) is 5.88 Å². The predicted octanol–water partition coefficient (Wildman–Crippen LogP) is 1.98. The molecular weight excluding hydrogens is 284 g/mol. The Balaban J connectivity index is 1.95. The van der Waals surface area contributed by atoms with Crippen LogP contribution < -0.4 is 15.0 Å². The molecule has 0 spiro atoms. The van der Waals surface area contributed by atoms with E-state index in [0.717, 1.165) is 25.2 Å². The van der Waals surface area contributed by atoms with E-state index in [-0.39, 0.29) is 12.1 Å². The van der Waals surface area contributed by atoms with Gasteiger partial charge < -0.3 is 19.7 Å². The number of alkyl carbamates (subject to hydrolysis) is 1. The Morgan fingerprint density at radius 2 is 2.18 bits per heavy atom. The van der Waals surface area contributed by atoms with Gasteiger partial charge in [-0.05, 0) is 33.6 Å². The highest BCUT2D eigenvalue weighted by atomic mass is 16.6. The zero-order valence-electron chi connectivity index (χ0n) is 13.6. The second kappa shape index (κ2) is 6.81. The number of carbonyl (C=O) groups is 1. The van der Waals surface area contributed by atoms with E-state index >= 15 is 0 Å². The highest BCUT2D eigenvalue weighted by Crippen LogP contribution is 2.20. The first-order valence-electron chi connectivity index (χ1n) is 7.48. The third-order valence-electron chi connectivity index (χ3n) is 3.30. The van der Waals surface area contributed by atoms with Gasteiger partial charge in [0.25, 0.3) is 0 Å². The van der Waals surface area contributed by atoms with E-state index in [1.807, 2.05) is 20.8 Å². The maximum atomic E-state index is 11.9. The summed E-state index contributed by atoms with van der Waals surface area (Å²) in [6.45, 7) is 7.15. The number of methoxy groups -OCH3 is 1. The molecule has 1 atom stereocenters. The van der Waals surface area contributed by atoms with E-state index in [0.29, 0.717) is 12.4 Å². The van der Waals surface area contributed by atoms with Crippen LogP contribution in [0.4, 0.5) is 10.6 Å². The summed E-state index contributed by atoms with van der Waals surface area (Å²) >= 11 is 0. The van der Waals surface area contributed by atoms with Gasteiger partial charge in [0.15, 0.2) is 0 Å². The number of amides is 1. The summed E-state index contributed by atoms with van der Waals surface area (Å²) in [5.74, 6) is 1.34. The van der Waals surface area contributed by atoms with Gasteiger partial charge in [0.1, 0.15) is 17.7 Å². The molecule has 0 saturated carbocycles. The van der Waals surface area contributed by atoms with E-state index in [1.165, 1.54) is 6.33 Å².